The van der Waals surface area contributed by atoms with Gasteiger partial charge in [0.25, 0.3) is 0 Å². The van der Waals surface area contributed by atoms with Gasteiger partial charge in [0.2, 0.25) is 12.2 Å². The summed E-state index contributed by atoms with van der Waals surface area (Å²) in [6.07, 6.45) is 2.79. The Morgan fingerprint density at radius 1 is 1.29 bits per heavy atom. The number of aliphatic hydroxyl groups excluding tert-OH is 1. The van der Waals surface area contributed by atoms with Crippen molar-refractivity contribution in [1.29, 1.82) is 0 Å². The van der Waals surface area contributed by atoms with Gasteiger partial charge in [-0.2, -0.15) is 12.6 Å². The molecule has 7 heteroatoms. The first kappa shape index (κ1) is 13.4. The molecule has 0 aromatic rings. The number of isocyanates is 2. The second kappa shape index (κ2) is 8.99. The summed E-state index contributed by atoms with van der Waals surface area (Å²) in [7, 11) is 0. The molecule has 2 unspecified atom stereocenters. The van der Waals surface area contributed by atoms with Crippen molar-refractivity contribution in [3.63, 3.8) is 0 Å². The number of thiol groups is 1. The summed E-state index contributed by atoms with van der Waals surface area (Å²) in [5.41, 5.74) is 0. The van der Waals surface area contributed by atoms with Crippen LogP contribution in [0.5, 0.6) is 0 Å². The number of nitrogens with zero attached hydrogens (tertiary/aromatic N) is 2. The van der Waals surface area contributed by atoms with E-state index in [9.17, 15) is 9.59 Å². The molecule has 0 aromatic carbocycles. The molecule has 0 aromatic heterocycles. The van der Waals surface area contributed by atoms with E-state index in [0.29, 0.717) is 0 Å². The maximum absolute atomic E-state index is 9.81. The molecule has 0 bridgehead atoms. The lowest BCUT2D eigenvalue weighted by atomic mass is 10.4. The molecule has 0 spiro atoms. The van der Waals surface area contributed by atoms with Crippen molar-refractivity contribution >= 4 is 36.6 Å². The van der Waals surface area contributed by atoms with E-state index < -0.39 is 0 Å². The van der Waals surface area contributed by atoms with Gasteiger partial charge in [-0.25, -0.2) is 19.6 Å². The van der Waals surface area contributed by atoms with E-state index in [2.05, 4.69) is 22.6 Å². The van der Waals surface area contributed by atoms with E-state index in [1.54, 1.807) is 0 Å². The van der Waals surface area contributed by atoms with Crippen LogP contribution in [0, 0.1) is 0 Å². The Balaban J connectivity index is 3.89. The normalized spacial score (nSPS) is 13.6. The third-order valence-electron chi connectivity index (χ3n) is 1.22. The average molecular weight is 234 g/mol. The van der Waals surface area contributed by atoms with Crippen LogP contribution in [0.25, 0.3) is 0 Å². The number of rotatable bonds is 7. The first-order chi connectivity index (χ1) is 6.74. The minimum Gasteiger partial charge on any atom is -0.395 e. The molecule has 1 N–H and O–H groups in total. The maximum Gasteiger partial charge on any atom is 0.235 e. The lowest BCUT2D eigenvalue weighted by Crippen LogP contribution is -2.16. The van der Waals surface area contributed by atoms with Crippen LogP contribution in [0.3, 0.4) is 0 Å². The molecule has 0 amide bonds. The maximum atomic E-state index is 9.81. The van der Waals surface area contributed by atoms with Crippen molar-refractivity contribution in [2.24, 2.45) is 9.98 Å². The van der Waals surface area contributed by atoms with Crippen LogP contribution >= 0.6 is 24.4 Å². The number of aliphatic imine (C=N–C) groups is 2. The quantitative estimate of drug-likeness (QED) is 0.281. The second-order valence-corrected chi connectivity index (χ2v) is 4.74. The zero-order chi connectivity index (χ0) is 10.8. The number of thioether (sulfide) groups is 1. The van der Waals surface area contributed by atoms with Gasteiger partial charge in [-0.1, -0.05) is 0 Å². The Labute approximate surface area is 91.1 Å². The number of carbonyl (C=O) groups excluding carboxylic acids is 2. The van der Waals surface area contributed by atoms with Gasteiger partial charge in [-0.15, -0.1) is 11.8 Å². The molecule has 0 aliphatic carbocycles. The van der Waals surface area contributed by atoms with Crippen molar-refractivity contribution in [2.45, 2.75) is 9.83 Å². The topological polar surface area (TPSA) is 79.1 Å². The number of aliphatic hydroxyl groups is 1. The highest BCUT2D eigenvalue weighted by atomic mass is 32.2. The van der Waals surface area contributed by atoms with Gasteiger partial charge in [0.1, 0.15) is 0 Å². The third kappa shape index (κ3) is 6.88. The predicted octanol–water partition coefficient (Wildman–Crippen LogP) is 0.00800. The fraction of sp³-hybridized carbons (Fsp3) is 0.714. The largest absolute Gasteiger partial charge is 0.395 e. The van der Waals surface area contributed by atoms with Crippen molar-refractivity contribution < 1.29 is 14.7 Å². The number of hydrogen-bond donors (Lipinski definition) is 2. The Morgan fingerprint density at radius 2 is 1.86 bits per heavy atom. The van der Waals surface area contributed by atoms with Gasteiger partial charge in [-0.05, 0) is 0 Å². The molecular formula is C7H10N2O3S2. The Morgan fingerprint density at radius 3 is 2.36 bits per heavy atom. The lowest BCUT2D eigenvalue weighted by molar-refractivity contribution is 0.296. The van der Waals surface area contributed by atoms with Gasteiger partial charge in [0.15, 0.2) is 0 Å². The van der Waals surface area contributed by atoms with Gasteiger partial charge < -0.3 is 5.11 Å². The molecule has 0 saturated heterocycles. The minimum atomic E-state index is -0.221. The van der Waals surface area contributed by atoms with Gasteiger partial charge >= 0.3 is 0 Å². The SMILES string of the molecule is O=C=NCC(S)SC(CO)CN=C=O. The molecule has 0 rings (SSSR count). The molecule has 78 valence electrons. The molecule has 0 fully saturated rings. The van der Waals surface area contributed by atoms with Crippen molar-refractivity contribution in [2.75, 3.05) is 19.7 Å². The first-order valence-electron chi connectivity index (χ1n) is 3.76. The fourth-order valence-electron chi connectivity index (χ4n) is 0.663. The molecule has 0 aliphatic rings. The van der Waals surface area contributed by atoms with Gasteiger partial charge in [0.05, 0.1) is 24.3 Å². The highest BCUT2D eigenvalue weighted by Crippen LogP contribution is 2.21. The fourth-order valence-corrected chi connectivity index (χ4v) is 2.11. The lowest BCUT2D eigenvalue weighted by Gasteiger charge is -2.13. The average Bonchev–Trinajstić information content (AvgIpc) is 2.21. The van der Waals surface area contributed by atoms with E-state index >= 15 is 0 Å². The first-order valence-corrected chi connectivity index (χ1v) is 5.22. The highest BCUT2D eigenvalue weighted by Gasteiger charge is 2.12. The Bertz CT molecular complexity index is 249. The third-order valence-corrected chi connectivity index (χ3v) is 2.90. The molecule has 0 saturated carbocycles. The molecule has 14 heavy (non-hydrogen) atoms. The van der Waals surface area contributed by atoms with Gasteiger partial charge in [-0.3, -0.25) is 0 Å². The summed E-state index contributed by atoms with van der Waals surface area (Å²) in [5.74, 6) is 0. The van der Waals surface area contributed by atoms with Crippen LogP contribution in [0.15, 0.2) is 9.98 Å². The molecular weight excluding hydrogens is 224 g/mol. The standard InChI is InChI=1S/C7H10N2O3S2/c10-3-6(1-8-4-11)14-7(13)2-9-5-12/h6-7,10,13H,1-3H2. The Hall–Kier alpha value is -0.580. The van der Waals surface area contributed by atoms with E-state index in [1.807, 2.05) is 0 Å². The molecule has 5 nitrogen and oxygen atoms in total. The highest BCUT2D eigenvalue weighted by molar-refractivity contribution is 8.10. The van der Waals surface area contributed by atoms with E-state index in [0.717, 1.165) is 0 Å². The van der Waals surface area contributed by atoms with Gasteiger partial charge in [0, 0.05) is 5.25 Å². The summed E-state index contributed by atoms with van der Waals surface area (Å²) in [4.78, 5) is 26.3. The van der Waals surface area contributed by atoms with Crippen molar-refractivity contribution in [3.05, 3.63) is 0 Å². The summed E-state index contributed by atoms with van der Waals surface area (Å²) >= 11 is 5.41. The second-order valence-electron chi connectivity index (χ2n) is 2.26. The Kier molecular flexibility index (Phi) is 8.62. The summed E-state index contributed by atoms with van der Waals surface area (Å²) in [6, 6.07) is 0. The van der Waals surface area contributed by atoms with Crippen molar-refractivity contribution in [3.8, 4) is 0 Å². The molecule has 0 radical (unpaired) electrons. The van der Waals surface area contributed by atoms with Crippen LogP contribution in [0.2, 0.25) is 0 Å². The number of hydrogen-bond acceptors (Lipinski definition) is 7. The smallest absolute Gasteiger partial charge is 0.235 e. The van der Waals surface area contributed by atoms with Crippen LogP contribution < -0.4 is 0 Å². The van der Waals surface area contributed by atoms with Crippen LogP contribution in [0.1, 0.15) is 0 Å². The molecule has 2 atom stereocenters. The monoisotopic (exact) mass is 234 g/mol. The predicted molar refractivity (Wildman–Crippen MR) is 57.2 cm³/mol. The van der Waals surface area contributed by atoms with Crippen LogP contribution in [-0.2, 0) is 9.59 Å². The summed E-state index contributed by atoms with van der Waals surface area (Å²) in [5, 5.41) is 8.65. The zero-order valence-electron chi connectivity index (χ0n) is 7.29. The van der Waals surface area contributed by atoms with Crippen molar-refractivity contribution in [1.82, 2.24) is 0 Å². The van der Waals surface area contributed by atoms with E-state index in [1.165, 1.54) is 23.9 Å². The zero-order valence-corrected chi connectivity index (χ0v) is 9.00. The van der Waals surface area contributed by atoms with Crippen LogP contribution in [-0.4, -0.2) is 46.8 Å². The summed E-state index contributed by atoms with van der Waals surface area (Å²) in [6.45, 7) is 0.294. The van der Waals surface area contributed by atoms with Crippen LogP contribution in [0.4, 0.5) is 0 Å². The minimum absolute atomic E-state index is 0.113. The van der Waals surface area contributed by atoms with E-state index in [-0.39, 0.29) is 29.5 Å². The summed E-state index contributed by atoms with van der Waals surface area (Å²) < 4.78 is -0.213. The van der Waals surface area contributed by atoms with E-state index in [4.69, 9.17) is 5.11 Å². The molecule has 0 aliphatic heterocycles. The molecule has 0 heterocycles.